The van der Waals surface area contributed by atoms with Crippen molar-refractivity contribution < 1.29 is 14.6 Å². The molecule has 1 N–H and O–H groups in total. The molecular weight excluding hydrogens is 132 g/mol. The summed E-state index contributed by atoms with van der Waals surface area (Å²) in [5.74, 6) is 0. The van der Waals surface area contributed by atoms with E-state index in [1.165, 1.54) is 0 Å². The summed E-state index contributed by atoms with van der Waals surface area (Å²) >= 11 is 0. The predicted octanol–water partition coefficient (Wildman–Crippen LogP) is 0.666. The number of ether oxygens (including phenoxy) is 2. The van der Waals surface area contributed by atoms with Gasteiger partial charge in [-0.25, -0.2) is 0 Å². The van der Waals surface area contributed by atoms with E-state index in [9.17, 15) is 0 Å². The van der Waals surface area contributed by atoms with E-state index < -0.39 is 0 Å². The normalized spacial score (nSPS) is 11.7. The summed E-state index contributed by atoms with van der Waals surface area (Å²) in [4.78, 5) is 0. The number of aliphatic hydroxyl groups excluding tert-OH is 1. The zero-order chi connectivity index (χ0) is 8.41. The molecule has 0 aliphatic carbocycles. The Kier molecular flexibility index (Phi) is 14.6. The van der Waals surface area contributed by atoms with Crippen LogP contribution in [0.1, 0.15) is 13.3 Å². The fourth-order valence-corrected chi connectivity index (χ4v) is 0.300. The first-order valence-electron chi connectivity index (χ1n) is 3.26. The zero-order valence-corrected chi connectivity index (χ0v) is 7.26. The van der Waals surface area contributed by atoms with Gasteiger partial charge in [-0.1, -0.05) is 0 Å². The highest BCUT2D eigenvalue weighted by Gasteiger charge is 1.93. The first kappa shape index (κ1) is 12.5. The van der Waals surface area contributed by atoms with Crippen molar-refractivity contribution in [1.82, 2.24) is 0 Å². The van der Waals surface area contributed by atoms with Crippen LogP contribution in [0, 0.1) is 0 Å². The first-order valence-corrected chi connectivity index (χ1v) is 3.26. The maximum absolute atomic E-state index is 8.29. The van der Waals surface area contributed by atoms with Crippen molar-refractivity contribution in [3.8, 4) is 0 Å². The summed E-state index contributed by atoms with van der Waals surface area (Å²) in [6.07, 6.45) is 0.932. The number of aliphatic hydroxyl groups is 1. The Balaban J connectivity index is 0. The molecule has 0 aromatic carbocycles. The van der Waals surface area contributed by atoms with Crippen LogP contribution in [0.3, 0.4) is 0 Å². The molecule has 3 heteroatoms. The summed E-state index contributed by atoms with van der Waals surface area (Å²) in [5.41, 5.74) is 0. The smallest absolute Gasteiger partial charge is 0.0565 e. The second kappa shape index (κ2) is 11.6. The largest absolute Gasteiger partial charge is 0.396 e. The number of methoxy groups -OCH3 is 2. The van der Waals surface area contributed by atoms with Crippen molar-refractivity contribution in [2.24, 2.45) is 0 Å². The van der Waals surface area contributed by atoms with Gasteiger partial charge in [0.25, 0.3) is 0 Å². The van der Waals surface area contributed by atoms with Crippen LogP contribution in [0.2, 0.25) is 0 Å². The van der Waals surface area contributed by atoms with Gasteiger partial charge in [-0.2, -0.15) is 0 Å². The Morgan fingerprint density at radius 3 is 1.80 bits per heavy atom. The molecule has 0 rings (SSSR count). The van der Waals surface area contributed by atoms with Gasteiger partial charge in [-0.15, -0.1) is 0 Å². The lowest BCUT2D eigenvalue weighted by atomic mass is 10.3. The molecule has 0 heterocycles. The summed E-state index contributed by atoms with van der Waals surface area (Å²) in [6, 6.07) is 0. The Bertz CT molecular complexity index is 48.1. The molecule has 0 spiro atoms. The quantitative estimate of drug-likeness (QED) is 0.642. The van der Waals surface area contributed by atoms with E-state index in [2.05, 4.69) is 4.74 Å². The monoisotopic (exact) mass is 150 g/mol. The van der Waals surface area contributed by atoms with E-state index in [0.717, 1.165) is 6.42 Å². The van der Waals surface area contributed by atoms with Gasteiger partial charge < -0.3 is 14.6 Å². The second-order valence-electron chi connectivity index (χ2n) is 1.97. The number of hydrogen-bond acceptors (Lipinski definition) is 3. The van der Waals surface area contributed by atoms with Gasteiger partial charge in [0.1, 0.15) is 0 Å². The predicted molar refractivity (Wildman–Crippen MR) is 41.1 cm³/mol. The molecule has 64 valence electrons. The molecular formula is C7H18O3. The minimum Gasteiger partial charge on any atom is -0.396 e. The standard InChI is InChI=1S/C5H12O2.C2H6O/c1-5(7-2)3-4-6;1-3-2/h5-6H,3-4H2,1-2H3;1-2H3. The van der Waals surface area contributed by atoms with Crippen LogP contribution in [-0.2, 0) is 9.47 Å². The van der Waals surface area contributed by atoms with Gasteiger partial charge in [-0.05, 0) is 13.3 Å². The second-order valence-corrected chi connectivity index (χ2v) is 1.97. The third kappa shape index (κ3) is 15.7. The van der Waals surface area contributed by atoms with E-state index in [-0.39, 0.29) is 12.7 Å². The highest BCUT2D eigenvalue weighted by Crippen LogP contribution is 1.90. The van der Waals surface area contributed by atoms with Crippen molar-refractivity contribution in [3.63, 3.8) is 0 Å². The van der Waals surface area contributed by atoms with Gasteiger partial charge in [0.15, 0.2) is 0 Å². The summed E-state index contributed by atoms with van der Waals surface area (Å²) in [5, 5.41) is 8.29. The fraction of sp³-hybridized carbons (Fsp3) is 1.00. The van der Waals surface area contributed by atoms with Crippen molar-refractivity contribution in [1.29, 1.82) is 0 Å². The van der Waals surface area contributed by atoms with Crippen LogP contribution in [-0.4, -0.2) is 39.1 Å². The molecule has 10 heavy (non-hydrogen) atoms. The lowest BCUT2D eigenvalue weighted by molar-refractivity contribution is 0.0917. The molecule has 0 aromatic heterocycles. The summed E-state index contributed by atoms with van der Waals surface area (Å²) in [7, 11) is 4.89. The maximum Gasteiger partial charge on any atom is 0.0565 e. The van der Waals surface area contributed by atoms with Crippen LogP contribution in [0.15, 0.2) is 0 Å². The fourth-order valence-electron chi connectivity index (χ4n) is 0.300. The average molecular weight is 150 g/mol. The first-order chi connectivity index (χ1) is 4.72. The molecule has 3 nitrogen and oxygen atoms in total. The average Bonchev–Trinajstić information content (AvgIpc) is 1.90. The molecule has 0 radical (unpaired) electrons. The topological polar surface area (TPSA) is 38.7 Å². The Labute approximate surface area is 63.0 Å². The summed E-state index contributed by atoms with van der Waals surface area (Å²) in [6.45, 7) is 2.14. The van der Waals surface area contributed by atoms with E-state index in [4.69, 9.17) is 9.84 Å². The zero-order valence-electron chi connectivity index (χ0n) is 7.26. The lowest BCUT2D eigenvalue weighted by Gasteiger charge is -2.04. The van der Waals surface area contributed by atoms with Gasteiger partial charge >= 0.3 is 0 Å². The molecule has 0 aliphatic heterocycles. The van der Waals surface area contributed by atoms with E-state index >= 15 is 0 Å². The van der Waals surface area contributed by atoms with E-state index in [1.807, 2.05) is 6.92 Å². The third-order valence-electron chi connectivity index (χ3n) is 0.938. The molecule has 0 saturated heterocycles. The highest BCUT2D eigenvalue weighted by molar-refractivity contribution is 4.44. The third-order valence-corrected chi connectivity index (χ3v) is 0.938. The minimum absolute atomic E-state index is 0.199. The molecule has 0 aromatic rings. The summed E-state index contributed by atoms with van der Waals surface area (Å²) < 4.78 is 9.08. The molecule has 0 bridgehead atoms. The van der Waals surface area contributed by atoms with Gasteiger partial charge in [0.2, 0.25) is 0 Å². The Morgan fingerprint density at radius 1 is 1.30 bits per heavy atom. The van der Waals surface area contributed by atoms with Crippen LogP contribution >= 0.6 is 0 Å². The SMILES string of the molecule is COC.COC(C)CCO. The van der Waals surface area contributed by atoms with Crippen molar-refractivity contribution in [3.05, 3.63) is 0 Å². The Morgan fingerprint density at radius 2 is 1.70 bits per heavy atom. The van der Waals surface area contributed by atoms with E-state index in [1.54, 1.807) is 21.3 Å². The maximum atomic E-state index is 8.29. The molecule has 0 fully saturated rings. The molecule has 0 saturated carbocycles. The molecule has 0 amide bonds. The number of hydrogen-bond donors (Lipinski definition) is 1. The molecule has 0 aliphatic rings. The van der Waals surface area contributed by atoms with Crippen molar-refractivity contribution >= 4 is 0 Å². The van der Waals surface area contributed by atoms with E-state index in [0.29, 0.717) is 0 Å². The number of rotatable bonds is 3. The van der Waals surface area contributed by atoms with Gasteiger partial charge in [0, 0.05) is 27.9 Å². The highest BCUT2D eigenvalue weighted by atomic mass is 16.5. The Hall–Kier alpha value is -0.120. The molecule has 1 unspecified atom stereocenters. The van der Waals surface area contributed by atoms with Crippen molar-refractivity contribution in [2.45, 2.75) is 19.4 Å². The molecule has 1 atom stereocenters. The van der Waals surface area contributed by atoms with Crippen LogP contribution in [0.25, 0.3) is 0 Å². The van der Waals surface area contributed by atoms with Crippen LogP contribution < -0.4 is 0 Å². The van der Waals surface area contributed by atoms with Crippen LogP contribution in [0.4, 0.5) is 0 Å². The minimum atomic E-state index is 0.199. The van der Waals surface area contributed by atoms with Gasteiger partial charge in [0.05, 0.1) is 6.10 Å². The van der Waals surface area contributed by atoms with Gasteiger partial charge in [-0.3, -0.25) is 0 Å². The lowest BCUT2D eigenvalue weighted by Crippen LogP contribution is -2.05. The van der Waals surface area contributed by atoms with Crippen LogP contribution in [0.5, 0.6) is 0 Å². The van der Waals surface area contributed by atoms with Crippen molar-refractivity contribution in [2.75, 3.05) is 27.9 Å².